The predicted octanol–water partition coefficient (Wildman–Crippen LogP) is 3.81. The standard InChI is InChI=1S/C21H22N2O2S/c1-13-14(2)26-21(23(13)11-12-25-3)22-20(24)18-10-9-16-8-7-15-5-4-6-17(18)19(15)16/h4-6,9-10H,7-8,11-12H2,1-3H3. The van der Waals surface area contributed by atoms with Gasteiger partial charge in [-0.15, -0.1) is 11.3 Å². The molecule has 0 N–H and O–H groups in total. The van der Waals surface area contributed by atoms with E-state index in [0.29, 0.717) is 18.7 Å². The van der Waals surface area contributed by atoms with Crippen LogP contribution in [0.25, 0.3) is 10.8 Å². The van der Waals surface area contributed by atoms with E-state index in [-0.39, 0.29) is 5.91 Å². The minimum atomic E-state index is -0.173. The zero-order valence-corrected chi connectivity index (χ0v) is 16.2. The summed E-state index contributed by atoms with van der Waals surface area (Å²) in [6, 6.07) is 10.3. The SMILES string of the molecule is COCCn1c(C)c(C)sc1=NC(=O)c1ccc2c3c(cccc13)CC2. The van der Waals surface area contributed by atoms with Gasteiger partial charge in [0.2, 0.25) is 0 Å². The Balaban J connectivity index is 1.82. The molecule has 5 heteroatoms. The van der Waals surface area contributed by atoms with E-state index < -0.39 is 0 Å². The summed E-state index contributed by atoms with van der Waals surface area (Å²) in [4.78, 5) is 19.4. The maximum absolute atomic E-state index is 13.0. The monoisotopic (exact) mass is 366 g/mol. The number of carbonyl (C=O) groups excluding carboxylic acids is 1. The molecule has 4 rings (SSSR count). The van der Waals surface area contributed by atoms with Crippen molar-refractivity contribution in [3.8, 4) is 0 Å². The molecule has 4 nitrogen and oxygen atoms in total. The van der Waals surface area contributed by atoms with Gasteiger partial charge in [0, 0.05) is 29.8 Å². The lowest BCUT2D eigenvalue weighted by molar-refractivity contribution is 0.0998. The zero-order chi connectivity index (χ0) is 18.3. The first kappa shape index (κ1) is 17.2. The number of aryl methyl sites for hydroxylation is 3. The van der Waals surface area contributed by atoms with Gasteiger partial charge in [-0.3, -0.25) is 4.79 Å². The number of thiazole rings is 1. The van der Waals surface area contributed by atoms with E-state index >= 15 is 0 Å². The molecule has 0 aliphatic heterocycles. The number of aromatic nitrogens is 1. The summed E-state index contributed by atoms with van der Waals surface area (Å²) in [6.07, 6.45) is 2.11. The molecule has 1 aliphatic rings. The van der Waals surface area contributed by atoms with Gasteiger partial charge in [-0.05, 0) is 54.7 Å². The second-order valence-electron chi connectivity index (χ2n) is 6.70. The number of hydrogen-bond donors (Lipinski definition) is 0. The molecule has 0 saturated heterocycles. The summed E-state index contributed by atoms with van der Waals surface area (Å²) in [5.41, 5.74) is 4.50. The molecule has 134 valence electrons. The van der Waals surface area contributed by atoms with Gasteiger partial charge in [0.25, 0.3) is 5.91 Å². The van der Waals surface area contributed by atoms with Crippen LogP contribution < -0.4 is 4.80 Å². The van der Waals surface area contributed by atoms with Crippen LogP contribution in [0, 0.1) is 13.8 Å². The minimum absolute atomic E-state index is 0.173. The number of ether oxygens (including phenoxy) is 1. The van der Waals surface area contributed by atoms with Crippen LogP contribution in [0.4, 0.5) is 0 Å². The van der Waals surface area contributed by atoms with Gasteiger partial charge in [0.1, 0.15) is 0 Å². The Morgan fingerprint density at radius 1 is 1.19 bits per heavy atom. The highest BCUT2D eigenvalue weighted by Crippen LogP contribution is 2.33. The summed E-state index contributed by atoms with van der Waals surface area (Å²) in [6.45, 7) is 5.41. The van der Waals surface area contributed by atoms with Crippen molar-refractivity contribution in [2.24, 2.45) is 4.99 Å². The summed E-state index contributed by atoms with van der Waals surface area (Å²) in [5, 5.41) is 2.28. The molecule has 0 unspecified atom stereocenters. The molecule has 1 aliphatic carbocycles. The molecular formula is C21H22N2O2S. The molecule has 26 heavy (non-hydrogen) atoms. The van der Waals surface area contributed by atoms with Gasteiger partial charge < -0.3 is 9.30 Å². The number of carbonyl (C=O) groups is 1. The third kappa shape index (κ3) is 2.81. The van der Waals surface area contributed by atoms with Crippen LogP contribution in [0.1, 0.15) is 32.1 Å². The lowest BCUT2D eigenvalue weighted by Crippen LogP contribution is -2.20. The Hall–Kier alpha value is -2.24. The van der Waals surface area contributed by atoms with Crippen molar-refractivity contribution in [2.75, 3.05) is 13.7 Å². The lowest BCUT2D eigenvalue weighted by Gasteiger charge is -2.07. The van der Waals surface area contributed by atoms with Gasteiger partial charge in [0.15, 0.2) is 4.80 Å². The van der Waals surface area contributed by atoms with E-state index in [2.05, 4.69) is 35.5 Å². The molecule has 0 bridgehead atoms. The molecule has 0 atom stereocenters. The summed E-state index contributed by atoms with van der Waals surface area (Å²) < 4.78 is 7.27. The highest BCUT2D eigenvalue weighted by atomic mass is 32.1. The van der Waals surface area contributed by atoms with Crippen LogP contribution in [0.3, 0.4) is 0 Å². The van der Waals surface area contributed by atoms with Crippen molar-refractivity contribution < 1.29 is 9.53 Å². The third-order valence-corrected chi connectivity index (χ3v) is 6.31. The van der Waals surface area contributed by atoms with E-state index in [9.17, 15) is 4.79 Å². The first-order chi connectivity index (χ1) is 12.6. The van der Waals surface area contributed by atoms with Gasteiger partial charge in [-0.25, -0.2) is 0 Å². The average Bonchev–Trinajstić information content (AvgIpc) is 3.17. The van der Waals surface area contributed by atoms with Gasteiger partial charge >= 0.3 is 0 Å². The zero-order valence-electron chi connectivity index (χ0n) is 15.3. The number of nitrogens with zero attached hydrogens (tertiary/aromatic N) is 2. The first-order valence-electron chi connectivity index (χ1n) is 8.88. The maximum Gasteiger partial charge on any atom is 0.280 e. The Labute approximate surface area is 156 Å². The van der Waals surface area contributed by atoms with Crippen LogP contribution in [-0.4, -0.2) is 24.2 Å². The number of rotatable bonds is 4. The number of methoxy groups -OCH3 is 1. The maximum atomic E-state index is 13.0. The second-order valence-corrected chi connectivity index (χ2v) is 7.88. The van der Waals surface area contributed by atoms with Crippen LogP contribution in [0.2, 0.25) is 0 Å². The van der Waals surface area contributed by atoms with Crippen molar-refractivity contribution in [3.05, 3.63) is 62.4 Å². The van der Waals surface area contributed by atoms with E-state index in [0.717, 1.165) is 28.7 Å². The van der Waals surface area contributed by atoms with Gasteiger partial charge in [0.05, 0.1) is 6.61 Å². The van der Waals surface area contributed by atoms with Crippen LogP contribution in [0.5, 0.6) is 0 Å². The fourth-order valence-corrected chi connectivity index (χ4v) is 4.71. The Morgan fingerprint density at radius 2 is 1.96 bits per heavy atom. The first-order valence-corrected chi connectivity index (χ1v) is 9.70. The molecule has 2 aromatic carbocycles. The van der Waals surface area contributed by atoms with Crippen LogP contribution >= 0.6 is 11.3 Å². The fraction of sp³-hybridized carbons (Fsp3) is 0.333. The molecule has 1 heterocycles. The highest BCUT2D eigenvalue weighted by Gasteiger charge is 2.19. The second kappa shape index (κ2) is 6.82. The van der Waals surface area contributed by atoms with E-state index in [4.69, 9.17) is 4.74 Å². The van der Waals surface area contributed by atoms with E-state index in [1.165, 1.54) is 21.4 Å². The molecular weight excluding hydrogens is 344 g/mol. The Bertz CT molecular complexity index is 1070. The Kier molecular flexibility index (Phi) is 4.51. The third-order valence-electron chi connectivity index (χ3n) is 5.21. The van der Waals surface area contributed by atoms with Crippen LogP contribution in [0.15, 0.2) is 35.3 Å². The molecule has 0 spiro atoms. The summed E-state index contributed by atoms with van der Waals surface area (Å²) in [7, 11) is 1.68. The predicted molar refractivity (Wildman–Crippen MR) is 105 cm³/mol. The van der Waals surface area contributed by atoms with E-state index in [1.807, 2.05) is 18.2 Å². The topological polar surface area (TPSA) is 43.6 Å². The average molecular weight is 366 g/mol. The van der Waals surface area contributed by atoms with Gasteiger partial charge in [-0.2, -0.15) is 4.99 Å². The minimum Gasteiger partial charge on any atom is -0.383 e. The normalized spacial score (nSPS) is 13.7. The molecule has 0 fully saturated rings. The van der Waals surface area contributed by atoms with Crippen molar-refractivity contribution >= 4 is 28.0 Å². The molecule has 0 radical (unpaired) electrons. The number of benzene rings is 2. The summed E-state index contributed by atoms with van der Waals surface area (Å²) >= 11 is 1.56. The number of amides is 1. The smallest absolute Gasteiger partial charge is 0.280 e. The van der Waals surface area contributed by atoms with Crippen LogP contribution in [-0.2, 0) is 24.1 Å². The van der Waals surface area contributed by atoms with E-state index in [1.54, 1.807) is 18.4 Å². The molecule has 3 aromatic rings. The van der Waals surface area contributed by atoms with Gasteiger partial charge in [-0.1, -0.05) is 24.3 Å². The molecule has 1 aromatic heterocycles. The fourth-order valence-electron chi connectivity index (χ4n) is 3.71. The van der Waals surface area contributed by atoms with Crippen molar-refractivity contribution in [1.82, 2.24) is 4.57 Å². The highest BCUT2D eigenvalue weighted by molar-refractivity contribution is 7.09. The molecule has 0 saturated carbocycles. The van der Waals surface area contributed by atoms with Crippen molar-refractivity contribution in [2.45, 2.75) is 33.2 Å². The quantitative estimate of drug-likeness (QED) is 0.705. The largest absolute Gasteiger partial charge is 0.383 e. The Morgan fingerprint density at radius 3 is 2.73 bits per heavy atom. The summed E-state index contributed by atoms with van der Waals surface area (Å²) in [5.74, 6) is -0.173. The van der Waals surface area contributed by atoms with Crippen molar-refractivity contribution in [1.29, 1.82) is 0 Å². The molecule has 1 amide bonds. The van der Waals surface area contributed by atoms with Crippen molar-refractivity contribution in [3.63, 3.8) is 0 Å². The number of hydrogen-bond acceptors (Lipinski definition) is 3. The lowest BCUT2D eigenvalue weighted by atomic mass is 10.00.